The molecule has 0 saturated carbocycles. The van der Waals surface area contributed by atoms with Gasteiger partial charge in [-0.2, -0.15) is 0 Å². The van der Waals surface area contributed by atoms with Crippen molar-refractivity contribution in [2.45, 2.75) is 32.7 Å². The van der Waals surface area contributed by atoms with E-state index in [1.165, 1.54) is 19.4 Å². The number of benzene rings is 1. The quantitative estimate of drug-likeness (QED) is 0.658. The second-order valence-corrected chi connectivity index (χ2v) is 5.19. The third kappa shape index (κ3) is 7.85. The summed E-state index contributed by atoms with van der Waals surface area (Å²) in [7, 11) is 2.19. The Morgan fingerprint density at radius 2 is 1.84 bits per heavy atom. The van der Waals surface area contributed by atoms with E-state index in [1.807, 2.05) is 30.3 Å². The number of nitrogens with one attached hydrogen (secondary N) is 1. The molecule has 19 heavy (non-hydrogen) atoms. The van der Waals surface area contributed by atoms with Gasteiger partial charge in [-0.25, -0.2) is 0 Å². The zero-order valence-electron chi connectivity index (χ0n) is 12.6. The molecule has 0 fully saturated rings. The van der Waals surface area contributed by atoms with Crippen LogP contribution in [-0.2, 0) is 0 Å². The lowest BCUT2D eigenvalue weighted by molar-refractivity contribution is 0.267. The van der Waals surface area contributed by atoms with Crippen molar-refractivity contribution in [1.82, 2.24) is 10.2 Å². The number of nitrogens with zero attached hydrogens (tertiary/aromatic N) is 1. The lowest BCUT2D eigenvalue weighted by Gasteiger charge is -2.20. The number of hydrogen-bond donors (Lipinski definition) is 1. The van der Waals surface area contributed by atoms with Gasteiger partial charge in [0.1, 0.15) is 12.4 Å². The van der Waals surface area contributed by atoms with Crippen LogP contribution in [0.15, 0.2) is 30.3 Å². The fraction of sp³-hybridized carbons (Fsp3) is 0.625. The van der Waals surface area contributed by atoms with E-state index in [0.29, 0.717) is 6.04 Å². The van der Waals surface area contributed by atoms with E-state index >= 15 is 0 Å². The third-order valence-electron chi connectivity index (χ3n) is 3.29. The Balaban J connectivity index is 1.89. The number of ether oxygens (including phenoxy) is 1. The topological polar surface area (TPSA) is 24.5 Å². The van der Waals surface area contributed by atoms with Crippen molar-refractivity contribution >= 4 is 0 Å². The molecule has 3 heteroatoms. The maximum atomic E-state index is 5.61. The zero-order valence-corrected chi connectivity index (χ0v) is 12.6. The van der Waals surface area contributed by atoms with Gasteiger partial charge in [0.2, 0.25) is 0 Å². The molecule has 1 aromatic rings. The van der Waals surface area contributed by atoms with Crippen molar-refractivity contribution in [2.75, 3.05) is 33.3 Å². The SMILES string of the molecule is CC(C)N(C)CCCCNCCOc1ccccc1. The van der Waals surface area contributed by atoms with Crippen LogP contribution in [0.1, 0.15) is 26.7 Å². The van der Waals surface area contributed by atoms with E-state index in [-0.39, 0.29) is 0 Å². The molecule has 0 atom stereocenters. The van der Waals surface area contributed by atoms with Crippen molar-refractivity contribution in [3.63, 3.8) is 0 Å². The molecule has 0 aliphatic carbocycles. The molecule has 1 rings (SSSR count). The normalized spacial score (nSPS) is 11.2. The highest BCUT2D eigenvalue weighted by molar-refractivity contribution is 5.20. The van der Waals surface area contributed by atoms with Crippen molar-refractivity contribution < 1.29 is 4.74 Å². The van der Waals surface area contributed by atoms with Crippen molar-refractivity contribution in [3.8, 4) is 5.75 Å². The molecule has 3 nitrogen and oxygen atoms in total. The van der Waals surface area contributed by atoms with E-state index in [9.17, 15) is 0 Å². The zero-order chi connectivity index (χ0) is 13.9. The van der Waals surface area contributed by atoms with E-state index in [4.69, 9.17) is 4.74 Å². The molecule has 0 aromatic heterocycles. The average molecular weight is 264 g/mol. The van der Waals surface area contributed by atoms with Crippen LogP contribution in [0, 0.1) is 0 Å². The van der Waals surface area contributed by atoms with Crippen molar-refractivity contribution in [3.05, 3.63) is 30.3 Å². The Morgan fingerprint density at radius 3 is 2.53 bits per heavy atom. The van der Waals surface area contributed by atoms with Crippen molar-refractivity contribution in [2.24, 2.45) is 0 Å². The van der Waals surface area contributed by atoms with Crippen LogP contribution < -0.4 is 10.1 Å². The number of hydrogen-bond acceptors (Lipinski definition) is 3. The number of para-hydroxylation sites is 1. The molecule has 0 saturated heterocycles. The minimum atomic E-state index is 0.646. The number of unbranched alkanes of at least 4 members (excludes halogenated alkanes) is 1. The van der Waals surface area contributed by atoms with Gasteiger partial charge in [0.05, 0.1) is 0 Å². The van der Waals surface area contributed by atoms with Gasteiger partial charge in [-0.15, -0.1) is 0 Å². The summed E-state index contributed by atoms with van der Waals surface area (Å²) in [5.74, 6) is 0.947. The molecule has 108 valence electrons. The highest BCUT2D eigenvalue weighted by atomic mass is 16.5. The molecular formula is C16H28N2O. The van der Waals surface area contributed by atoms with Gasteiger partial charge < -0.3 is 15.0 Å². The first kappa shape index (κ1) is 16.0. The summed E-state index contributed by atoms with van der Waals surface area (Å²) in [5, 5.41) is 3.42. The molecule has 0 radical (unpaired) electrons. The Kier molecular flexibility index (Phi) is 8.26. The molecule has 1 aromatic carbocycles. The molecule has 0 amide bonds. The van der Waals surface area contributed by atoms with Crippen LogP contribution in [0.5, 0.6) is 5.75 Å². The van der Waals surface area contributed by atoms with Crippen LogP contribution in [0.3, 0.4) is 0 Å². The predicted molar refractivity (Wildman–Crippen MR) is 81.8 cm³/mol. The van der Waals surface area contributed by atoms with Gasteiger partial charge >= 0.3 is 0 Å². The molecular weight excluding hydrogens is 236 g/mol. The lowest BCUT2D eigenvalue weighted by Crippen LogP contribution is -2.28. The predicted octanol–water partition coefficient (Wildman–Crippen LogP) is 2.78. The Labute approximate surface area is 118 Å². The standard InChI is InChI=1S/C16H28N2O/c1-15(2)18(3)13-8-7-11-17-12-14-19-16-9-5-4-6-10-16/h4-6,9-10,15,17H,7-8,11-14H2,1-3H3. The van der Waals surface area contributed by atoms with Gasteiger partial charge in [-0.1, -0.05) is 18.2 Å². The first-order valence-electron chi connectivity index (χ1n) is 7.29. The molecule has 1 N–H and O–H groups in total. The summed E-state index contributed by atoms with van der Waals surface area (Å²) in [4.78, 5) is 2.39. The van der Waals surface area contributed by atoms with Crippen molar-refractivity contribution in [1.29, 1.82) is 0 Å². The Morgan fingerprint density at radius 1 is 1.11 bits per heavy atom. The molecule has 0 unspecified atom stereocenters. The molecule has 0 heterocycles. The van der Waals surface area contributed by atoms with Gasteiger partial charge in [-0.05, 0) is 59.0 Å². The summed E-state index contributed by atoms with van der Waals surface area (Å²) in [6, 6.07) is 10.6. The van der Waals surface area contributed by atoms with Gasteiger partial charge in [-0.3, -0.25) is 0 Å². The van der Waals surface area contributed by atoms with Crippen LogP contribution in [0.4, 0.5) is 0 Å². The van der Waals surface area contributed by atoms with Gasteiger partial charge in [0, 0.05) is 12.6 Å². The molecule has 0 aliphatic rings. The maximum absolute atomic E-state index is 5.61. The second-order valence-electron chi connectivity index (χ2n) is 5.19. The minimum absolute atomic E-state index is 0.646. The Hall–Kier alpha value is -1.06. The highest BCUT2D eigenvalue weighted by Crippen LogP contribution is 2.07. The third-order valence-corrected chi connectivity index (χ3v) is 3.29. The highest BCUT2D eigenvalue weighted by Gasteiger charge is 2.01. The fourth-order valence-electron chi connectivity index (χ4n) is 1.75. The van der Waals surface area contributed by atoms with E-state index < -0.39 is 0 Å². The average Bonchev–Trinajstić information content (AvgIpc) is 2.42. The smallest absolute Gasteiger partial charge is 0.119 e. The Bertz CT molecular complexity index is 314. The molecule has 0 spiro atoms. The largest absolute Gasteiger partial charge is 0.492 e. The molecule has 0 bridgehead atoms. The minimum Gasteiger partial charge on any atom is -0.492 e. The lowest BCUT2D eigenvalue weighted by atomic mass is 10.2. The van der Waals surface area contributed by atoms with E-state index in [0.717, 1.165) is 25.4 Å². The van der Waals surface area contributed by atoms with Gasteiger partial charge in [0.15, 0.2) is 0 Å². The maximum Gasteiger partial charge on any atom is 0.119 e. The molecule has 0 aliphatic heterocycles. The monoisotopic (exact) mass is 264 g/mol. The summed E-state index contributed by atoms with van der Waals surface area (Å²) in [5.41, 5.74) is 0. The summed E-state index contributed by atoms with van der Waals surface area (Å²) in [6.07, 6.45) is 2.48. The van der Waals surface area contributed by atoms with Crippen LogP contribution in [0.2, 0.25) is 0 Å². The second kappa shape index (κ2) is 9.82. The summed E-state index contributed by atoms with van der Waals surface area (Å²) < 4.78 is 5.61. The van der Waals surface area contributed by atoms with Gasteiger partial charge in [0.25, 0.3) is 0 Å². The summed E-state index contributed by atoms with van der Waals surface area (Å²) in [6.45, 7) is 8.37. The van der Waals surface area contributed by atoms with E-state index in [2.05, 4.69) is 31.1 Å². The summed E-state index contributed by atoms with van der Waals surface area (Å²) >= 11 is 0. The van der Waals surface area contributed by atoms with Crippen LogP contribution in [0.25, 0.3) is 0 Å². The van der Waals surface area contributed by atoms with Crippen LogP contribution >= 0.6 is 0 Å². The van der Waals surface area contributed by atoms with E-state index in [1.54, 1.807) is 0 Å². The van der Waals surface area contributed by atoms with Crippen LogP contribution in [-0.4, -0.2) is 44.2 Å². The first-order chi connectivity index (χ1) is 9.20. The number of rotatable bonds is 10. The fourth-order valence-corrected chi connectivity index (χ4v) is 1.75. The first-order valence-corrected chi connectivity index (χ1v) is 7.29.